The van der Waals surface area contributed by atoms with Crippen LogP contribution in [0.5, 0.6) is 0 Å². The van der Waals surface area contributed by atoms with E-state index < -0.39 is 0 Å². The third-order valence-corrected chi connectivity index (χ3v) is 4.03. The van der Waals surface area contributed by atoms with Crippen LogP contribution in [-0.4, -0.2) is 29.5 Å². The van der Waals surface area contributed by atoms with Gasteiger partial charge in [-0.15, -0.1) is 0 Å². The monoisotopic (exact) mass is 275 g/mol. The second kappa shape index (κ2) is 6.86. The zero-order chi connectivity index (χ0) is 14.5. The third kappa shape index (κ3) is 3.81. The first-order chi connectivity index (χ1) is 9.58. The van der Waals surface area contributed by atoms with Gasteiger partial charge in [-0.2, -0.15) is 0 Å². The SMILES string of the molecule is Cc1ccccc1NC(=O)CNN1C(C)CCCC1C. The van der Waals surface area contributed by atoms with Gasteiger partial charge in [0.25, 0.3) is 0 Å². The van der Waals surface area contributed by atoms with Crippen molar-refractivity contribution >= 4 is 11.6 Å². The van der Waals surface area contributed by atoms with Gasteiger partial charge in [0.15, 0.2) is 0 Å². The van der Waals surface area contributed by atoms with Gasteiger partial charge >= 0.3 is 0 Å². The van der Waals surface area contributed by atoms with Crippen LogP contribution < -0.4 is 10.7 Å². The Morgan fingerprint density at radius 2 is 1.90 bits per heavy atom. The van der Waals surface area contributed by atoms with Gasteiger partial charge in [-0.25, -0.2) is 10.4 Å². The molecule has 0 aromatic heterocycles. The number of hydrogen-bond acceptors (Lipinski definition) is 3. The predicted octanol–water partition coefficient (Wildman–Crippen LogP) is 2.70. The Hall–Kier alpha value is -1.39. The zero-order valence-electron chi connectivity index (χ0n) is 12.6. The molecular formula is C16H25N3O. The Balaban J connectivity index is 1.84. The summed E-state index contributed by atoms with van der Waals surface area (Å²) in [6, 6.07) is 8.82. The molecule has 110 valence electrons. The minimum atomic E-state index is 0.00396. The van der Waals surface area contributed by atoms with Gasteiger partial charge in [0.2, 0.25) is 5.91 Å². The van der Waals surface area contributed by atoms with E-state index in [2.05, 4.69) is 29.6 Å². The van der Waals surface area contributed by atoms with E-state index in [0.717, 1.165) is 11.3 Å². The molecule has 1 aliphatic heterocycles. The van der Waals surface area contributed by atoms with Crippen molar-refractivity contribution in [3.8, 4) is 0 Å². The fourth-order valence-electron chi connectivity index (χ4n) is 2.80. The topological polar surface area (TPSA) is 44.4 Å². The lowest BCUT2D eigenvalue weighted by atomic mass is 10.00. The summed E-state index contributed by atoms with van der Waals surface area (Å²) in [7, 11) is 0. The number of amides is 1. The average Bonchev–Trinajstić information content (AvgIpc) is 2.41. The maximum absolute atomic E-state index is 12.0. The lowest BCUT2D eigenvalue weighted by Gasteiger charge is -2.38. The van der Waals surface area contributed by atoms with E-state index in [1.165, 1.54) is 19.3 Å². The Morgan fingerprint density at radius 1 is 1.25 bits per heavy atom. The molecule has 2 rings (SSSR count). The molecule has 1 saturated heterocycles. The van der Waals surface area contributed by atoms with Gasteiger partial charge in [-0.1, -0.05) is 24.6 Å². The summed E-state index contributed by atoms with van der Waals surface area (Å²) in [5, 5.41) is 5.17. The van der Waals surface area contributed by atoms with E-state index in [1.54, 1.807) is 0 Å². The largest absolute Gasteiger partial charge is 0.325 e. The van der Waals surface area contributed by atoms with Crippen LogP contribution in [0.1, 0.15) is 38.7 Å². The van der Waals surface area contributed by atoms with Crippen molar-refractivity contribution in [2.75, 3.05) is 11.9 Å². The van der Waals surface area contributed by atoms with Crippen molar-refractivity contribution in [2.45, 2.75) is 52.1 Å². The van der Waals surface area contributed by atoms with E-state index in [4.69, 9.17) is 0 Å². The molecule has 4 heteroatoms. The van der Waals surface area contributed by atoms with E-state index >= 15 is 0 Å². The highest BCUT2D eigenvalue weighted by molar-refractivity contribution is 5.92. The Morgan fingerprint density at radius 3 is 2.55 bits per heavy atom. The van der Waals surface area contributed by atoms with Crippen molar-refractivity contribution < 1.29 is 4.79 Å². The maximum atomic E-state index is 12.0. The van der Waals surface area contributed by atoms with Crippen molar-refractivity contribution in [3.05, 3.63) is 29.8 Å². The molecule has 0 radical (unpaired) electrons. The fraction of sp³-hybridized carbons (Fsp3) is 0.562. The van der Waals surface area contributed by atoms with Crippen molar-refractivity contribution in [1.82, 2.24) is 10.4 Å². The minimum absolute atomic E-state index is 0.00396. The van der Waals surface area contributed by atoms with Gasteiger partial charge in [-0.3, -0.25) is 4.79 Å². The molecule has 1 aromatic rings. The summed E-state index contributed by atoms with van der Waals surface area (Å²) in [5.74, 6) is 0.00396. The van der Waals surface area contributed by atoms with Gasteiger partial charge in [0.1, 0.15) is 0 Å². The summed E-state index contributed by atoms with van der Waals surface area (Å²) in [6.45, 7) is 6.74. The molecular weight excluding hydrogens is 250 g/mol. The Kier molecular flexibility index (Phi) is 5.15. The smallest absolute Gasteiger partial charge is 0.239 e. The predicted molar refractivity (Wildman–Crippen MR) is 82.4 cm³/mol. The van der Waals surface area contributed by atoms with Gasteiger partial charge in [-0.05, 0) is 45.2 Å². The molecule has 0 saturated carbocycles. The first-order valence-electron chi connectivity index (χ1n) is 7.45. The number of benzene rings is 1. The second-order valence-corrected chi connectivity index (χ2v) is 5.73. The van der Waals surface area contributed by atoms with Crippen molar-refractivity contribution in [3.63, 3.8) is 0 Å². The lowest BCUT2D eigenvalue weighted by molar-refractivity contribution is -0.117. The standard InChI is InChI=1S/C16H25N3O/c1-12-7-4-5-10-15(12)18-16(20)11-17-19-13(2)8-6-9-14(19)3/h4-5,7,10,13-14,17H,6,8-9,11H2,1-3H3,(H,18,20). The summed E-state index contributed by atoms with van der Waals surface area (Å²) in [5.41, 5.74) is 5.25. The minimum Gasteiger partial charge on any atom is -0.325 e. The first kappa shape index (κ1) is 15.0. The molecule has 2 unspecified atom stereocenters. The number of piperidine rings is 1. The summed E-state index contributed by atoms with van der Waals surface area (Å²) in [4.78, 5) is 12.0. The molecule has 2 atom stereocenters. The van der Waals surface area contributed by atoms with Crippen molar-refractivity contribution in [1.29, 1.82) is 0 Å². The Labute approximate surface area is 121 Å². The molecule has 0 bridgehead atoms. The van der Waals surface area contributed by atoms with Crippen LogP contribution in [-0.2, 0) is 4.79 Å². The quantitative estimate of drug-likeness (QED) is 0.888. The zero-order valence-corrected chi connectivity index (χ0v) is 12.6. The highest BCUT2D eigenvalue weighted by Crippen LogP contribution is 2.20. The van der Waals surface area contributed by atoms with Crippen LogP contribution >= 0.6 is 0 Å². The van der Waals surface area contributed by atoms with Crippen molar-refractivity contribution in [2.24, 2.45) is 0 Å². The summed E-state index contributed by atoms with van der Waals surface area (Å²) < 4.78 is 0. The maximum Gasteiger partial charge on any atom is 0.239 e. The van der Waals surface area contributed by atoms with Crippen LogP contribution in [0.2, 0.25) is 0 Å². The number of aryl methyl sites for hydroxylation is 1. The lowest BCUT2D eigenvalue weighted by Crippen LogP contribution is -2.53. The summed E-state index contributed by atoms with van der Waals surface area (Å²) in [6.07, 6.45) is 3.66. The molecule has 1 aliphatic rings. The number of nitrogens with one attached hydrogen (secondary N) is 2. The first-order valence-corrected chi connectivity index (χ1v) is 7.45. The van der Waals surface area contributed by atoms with Crippen LogP contribution in [0.3, 0.4) is 0 Å². The third-order valence-electron chi connectivity index (χ3n) is 4.03. The molecule has 0 spiro atoms. The van der Waals surface area contributed by atoms with E-state index in [0.29, 0.717) is 18.6 Å². The number of carbonyl (C=O) groups excluding carboxylic acids is 1. The summed E-state index contributed by atoms with van der Waals surface area (Å²) >= 11 is 0. The van der Waals surface area contributed by atoms with E-state index in [9.17, 15) is 4.79 Å². The van der Waals surface area contributed by atoms with E-state index in [1.807, 2.05) is 31.2 Å². The van der Waals surface area contributed by atoms with Gasteiger partial charge in [0.05, 0.1) is 6.54 Å². The number of nitrogens with zero attached hydrogens (tertiary/aromatic N) is 1. The average molecular weight is 275 g/mol. The van der Waals surface area contributed by atoms with Crippen LogP contribution in [0.15, 0.2) is 24.3 Å². The van der Waals surface area contributed by atoms with Gasteiger partial charge < -0.3 is 5.32 Å². The molecule has 4 nitrogen and oxygen atoms in total. The highest BCUT2D eigenvalue weighted by atomic mass is 16.2. The number of rotatable bonds is 4. The molecule has 1 aromatic carbocycles. The normalized spacial score (nSPS) is 23.6. The molecule has 20 heavy (non-hydrogen) atoms. The number of para-hydroxylation sites is 1. The Bertz CT molecular complexity index is 451. The highest BCUT2D eigenvalue weighted by Gasteiger charge is 2.24. The number of carbonyl (C=O) groups is 1. The van der Waals surface area contributed by atoms with E-state index in [-0.39, 0.29) is 5.91 Å². The van der Waals surface area contributed by atoms with Crippen LogP contribution in [0.25, 0.3) is 0 Å². The molecule has 0 aliphatic carbocycles. The molecule has 2 N–H and O–H groups in total. The number of anilines is 1. The van der Waals surface area contributed by atoms with Gasteiger partial charge in [0, 0.05) is 17.8 Å². The fourth-order valence-corrected chi connectivity index (χ4v) is 2.80. The van der Waals surface area contributed by atoms with Crippen LogP contribution in [0.4, 0.5) is 5.69 Å². The molecule has 1 heterocycles. The number of hydrazine groups is 1. The van der Waals surface area contributed by atoms with Crippen LogP contribution in [0, 0.1) is 6.92 Å². The second-order valence-electron chi connectivity index (χ2n) is 5.73. The molecule has 1 amide bonds. The molecule has 1 fully saturated rings. The number of hydrogen-bond donors (Lipinski definition) is 2.